The van der Waals surface area contributed by atoms with E-state index in [-0.39, 0.29) is 29.4 Å². The number of carbonyl (C=O) groups is 1. The number of nitrogens with zero attached hydrogens (tertiary/aromatic N) is 4. The van der Waals surface area contributed by atoms with Gasteiger partial charge in [0.1, 0.15) is 17.1 Å². The van der Waals surface area contributed by atoms with Crippen LogP contribution >= 0.6 is 0 Å². The Balaban J connectivity index is 1.71. The summed E-state index contributed by atoms with van der Waals surface area (Å²) in [5, 5.41) is 2.79. The molecule has 8 nitrogen and oxygen atoms in total. The van der Waals surface area contributed by atoms with Gasteiger partial charge in [0.15, 0.2) is 5.82 Å². The van der Waals surface area contributed by atoms with E-state index in [4.69, 9.17) is 9.47 Å². The predicted molar refractivity (Wildman–Crippen MR) is 101 cm³/mol. The molecule has 0 atom stereocenters. The highest BCUT2D eigenvalue weighted by atomic mass is 19.4. The van der Waals surface area contributed by atoms with Crippen molar-refractivity contribution in [2.24, 2.45) is 7.05 Å². The smallest absolute Gasteiger partial charge is 0.382 e. The van der Waals surface area contributed by atoms with Crippen molar-refractivity contribution in [2.45, 2.75) is 44.0 Å². The molecule has 11 heteroatoms. The molecule has 0 bridgehead atoms. The number of methoxy groups -OCH3 is 1. The van der Waals surface area contributed by atoms with E-state index in [1.54, 1.807) is 14.2 Å². The van der Waals surface area contributed by atoms with Gasteiger partial charge in [-0.1, -0.05) is 0 Å². The third kappa shape index (κ3) is 5.54. The Kier molecular flexibility index (Phi) is 7.03. The van der Waals surface area contributed by atoms with Crippen LogP contribution < -0.4 is 5.32 Å². The molecule has 0 aliphatic heterocycles. The minimum Gasteiger partial charge on any atom is -0.382 e. The molecule has 0 spiro atoms. The van der Waals surface area contributed by atoms with Gasteiger partial charge in [-0.25, -0.2) is 15.0 Å². The number of ether oxygens (including phenoxy) is 2. The van der Waals surface area contributed by atoms with E-state index >= 15 is 0 Å². The molecule has 2 aromatic rings. The van der Waals surface area contributed by atoms with Gasteiger partial charge in [-0.05, 0) is 25.7 Å². The maximum absolute atomic E-state index is 13.3. The number of hydrogen-bond acceptors (Lipinski definition) is 6. The molecule has 0 aromatic carbocycles. The van der Waals surface area contributed by atoms with Crippen molar-refractivity contribution in [2.75, 3.05) is 20.3 Å². The number of aromatic nitrogens is 4. The summed E-state index contributed by atoms with van der Waals surface area (Å²) in [6.45, 7) is 1.03. The second-order valence-corrected chi connectivity index (χ2v) is 7.16. The molecule has 164 valence electrons. The molecule has 1 amide bonds. The van der Waals surface area contributed by atoms with Crippen LogP contribution in [0.5, 0.6) is 0 Å². The number of rotatable bonds is 7. The summed E-state index contributed by atoms with van der Waals surface area (Å²) in [4.78, 5) is 24.2. The number of alkyl halides is 3. The first kappa shape index (κ1) is 22.2. The van der Waals surface area contributed by atoms with Gasteiger partial charge in [-0.3, -0.25) is 4.79 Å². The molecule has 30 heavy (non-hydrogen) atoms. The van der Waals surface area contributed by atoms with Crippen LogP contribution in [0.15, 0.2) is 18.6 Å². The fraction of sp³-hybridized carbons (Fsp3) is 0.579. The van der Waals surface area contributed by atoms with E-state index in [0.717, 1.165) is 12.8 Å². The average molecular weight is 427 g/mol. The third-order valence-corrected chi connectivity index (χ3v) is 4.95. The van der Waals surface area contributed by atoms with E-state index in [9.17, 15) is 18.0 Å². The Labute approximate surface area is 171 Å². The summed E-state index contributed by atoms with van der Waals surface area (Å²) in [7, 11) is 3.21. The molecule has 0 unspecified atom stereocenters. The topological polar surface area (TPSA) is 91.2 Å². The molecule has 1 fully saturated rings. The first-order valence-corrected chi connectivity index (χ1v) is 9.62. The van der Waals surface area contributed by atoms with Crippen molar-refractivity contribution in [3.8, 4) is 11.5 Å². The standard InChI is InChI=1S/C19H24F3N5O3/c1-27-11-23-10-15(27)17-25-14(9-16(26-17)19(20,21)22)18(28)24-12-3-5-13(6-4-12)30-8-7-29-2/h9-13H,3-8H2,1-2H3,(H,24,28)/t12-,13-. The van der Waals surface area contributed by atoms with Crippen LogP contribution in [0.2, 0.25) is 0 Å². The van der Waals surface area contributed by atoms with Crippen LogP contribution in [-0.2, 0) is 22.7 Å². The van der Waals surface area contributed by atoms with Crippen molar-refractivity contribution in [3.05, 3.63) is 30.0 Å². The lowest BCUT2D eigenvalue weighted by Gasteiger charge is -2.29. The summed E-state index contributed by atoms with van der Waals surface area (Å²) in [5.41, 5.74) is -1.22. The molecule has 1 aliphatic carbocycles. The zero-order valence-corrected chi connectivity index (χ0v) is 16.8. The van der Waals surface area contributed by atoms with E-state index in [1.165, 1.54) is 17.1 Å². The minimum absolute atomic E-state index is 0.0978. The van der Waals surface area contributed by atoms with Gasteiger partial charge in [0.05, 0.1) is 31.8 Å². The van der Waals surface area contributed by atoms with Crippen molar-refractivity contribution in [1.29, 1.82) is 0 Å². The largest absolute Gasteiger partial charge is 0.433 e. The molecule has 2 aromatic heterocycles. The molecule has 3 rings (SSSR count). The van der Waals surface area contributed by atoms with Gasteiger partial charge >= 0.3 is 6.18 Å². The Morgan fingerprint density at radius 3 is 2.57 bits per heavy atom. The lowest BCUT2D eigenvalue weighted by atomic mass is 9.93. The number of halogens is 3. The minimum atomic E-state index is -4.71. The molecular formula is C19H24F3N5O3. The summed E-state index contributed by atoms with van der Waals surface area (Å²) in [6.07, 6.45) is 1.03. The van der Waals surface area contributed by atoms with Crippen LogP contribution in [0.25, 0.3) is 11.5 Å². The molecular weight excluding hydrogens is 403 g/mol. The molecule has 0 radical (unpaired) electrons. The van der Waals surface area contributed by atoms with Crippen LogP contribution in [0.3, 0.4) is 0 Å². The number of aryl methyl sites for hydroxylation is 1. The molecule has 1 saturated carbocycles. The van der Waals surface area contributed by atoms with E-state index in [1.807, 2.05) is 0 Å². The first-order chi connectivity index (χ1) is 14.3. The van der Waals surface area contributed by atoms with Gasteiger partial charge in [-0.2, -0.15) is 13.2 Å². The summed E-state index contributed by atoms with van der Waals surface area (Å²) >= 11 is 0. The maximum Gasteiger partial charge on any atom is 0.433 e. The van der Waals surface area contributed by atoms with Crippen molar-refractivity contribution in [3.63, 3.8) is 0 Å². The lowest BCUT2D eigenvalue weighted by Crippen LogP contribution is -2.39. The predicted octanol–water partition coefficient (Wildman–Crippen LogP) is 2.60. The Hall–Kier alpha value is -2.53. The number of imidazole rings is 1. The van der Waals surface area contributed by atoms with Crippen molar-refractivity contribution in [1.82, 2.24) is 24.8 Å². The van der Waals surface area contributed by atoms with Crippen LogP contribution in [0.4, 0.5) is 13.2 Å². The second kappa shape index (κ2) is 9.52. The number of nitrogens with one attached hydrogen (secondary N) is 1. The third-order valence-electron chi connectivity index (χ3n) is 4.95. The van der Waals surface area contributed by atoms with Crippen LogP contribution in [-0.4, -0.2) is 57.9 Å². The zero-order valence-electron chi connectivity index (χ0n) is 16.8. The van der Waals surface area contributed by atoms with Crippen LogP contribution in [0, 0.1) is 0 Å². The highest BCUT2D eigenvalue weighted by Crippen LogP contribution is 2.30. The van der Waals surface area contributed by atoms with Gasteiger partial charge in [0.25, 0.3) is 5.91 Å². The molecule has 0 saturated heterocycles. The van der Waals surface area contributed by atoms with Crippen LogP contribution in [0.1, 0.15) is 41.9 Å². The number of hydrogen-bond donors (Lipinski definition) is 1. The normalized spacial score (nSPS) is 19.6. The van der Waals surface area contributed by atoms with Gasteiger partial charge < -0.3 is 19.4 Å². The quantitative estimate of drug-likeness (QED) is 0.683. The van der Waals surface area contributed by atoms with Gasteiger partial charge in [0, 0.05) is 26.3 Å². The monoisotopic (exact) mass is 427 g/mol. The van der Waals surface area contributed by atoms with Gasteiger partial charge in [0.2, 0.25) is 0 Å². The SMILES string of the molecule is COCCO[C@H]1CC[C@H](NC(=O)c2cc(C(F)(F)F)nc(-c3cncn3C)n2)CC1. The fourth-order valence-electron chi connectivity index (χ4n) is 3.33. The van der Waals surface area contributed by atoms with E-state index in [0.29, 0.717) is 32.1 Å². The first-order valence-electron chi connectivity index (χ1n) is 9.62. The maximum atomic E-state index is 13.3. The molecule has 1 N–H and O–H groups in total. The zero-order chi connectivity index (χ0) is 21.7. The van der Waals surface area contributed by atoms with E-state index < -0.39 is 17.8 Å². The summed E-state index contributed by atoms with van der Waals surface area (Å²) < 4.78 is 52.1. The summed E-state index contributed by atoms with van der Waals surface area (Å²) in [6, 6.07) is 0.526. The Morgan fingerprint density at radius 2 is 1.97 bits per heavy atom. The van der Waals surface area contributed by atoms with Crippen molar-refractivity contribution < 1.29 is 27.4 Å². The van der Waals surface area contributed by atoms with Gasteiger partial charge in [-0.15, -0.1) is 0 Å². The Bertz CT molecular complexity index is 863. The average Bonchev–Trinajstić information content (AvgIpc) is 3.14. The number of amides is 1. The Morgan fingerprint density at radius 1 is 1.23 bits per heavy atom. The fourth-order valence-corrected chi connectivity index (χ4v) is 3.33. The molecule has 2 heterocycles. The number of carbonyl (C=O) groups excluding carboxylic acids is 1. The van der Waals surface area contributed by atoms with E-state index in [2.05, 4.69) is 20.3 Å². The highest BCUT2D eigenvalue weighted by Gasteiger charge is 2.35. The molecule has 1 aliphatic rings. The summed E-state index contributed by atoms with van der Waals surface area (Å²) in [5.74, 6) is -0.861. The highest BCUT2D eigenvalue weighted by molar-refractivity contribution is 5.93. The lowest BCUT2D eigenvalue weighted by molar-refractivity contribution is -0.141. The van der Waals surface area contributed by atoms with Crippen molar-refractivity contribution >= 4 is 5.91 Å². The second-order valence-electron chi connectivity index (χ2n) is 7.16.